The van der Waals surface area contributed by atoms with Gasteiger partial charge in [-0.25, -0.2) is 4.39 Å². The second kappa shape index (κ2) is 5.33. The SMILES string of the molecule is CCN(CC)S(=O)(=O)Nc1ccc(F)c(N)c1. The number of anilines is 2. The first-order valence-corrected chi connectivity index (χ1v) is 6.67. The van der Waals surface area contributed by atoms with Gasteiger partial charge in [-0.3, -0.25) is 4.72 Å². The lowest BCUT2D eigenvalue weighted by Crippen LogP contribution is -2.35. The summed E-state index contributed by atoms with van der Waals surface area (Å²) in [5.74, 6) is -0.573. The van der Waals surface area contributed by atoms with Crippen molar-refractivity contribution in [3.8, 4) is 0 Å². The molecular formula is C10H16FN3O2S. The maximum absolute atomic E-state index is 12.9. The molecule has 3 N–H and O–H groups in total. The van der Waals surface area contributed by atoms with Crippen LogP contribution in [0.4, 0.5) is 15.8 Å². The molecule has 0 saturated carbocycles. The molecule has 1 aromatic carbocycles. The highest BCUT2D eigenvalue weighted by atomic mass is 32.2. The third-order valence-electron chi connectivity index (χ3n) is 2.29. The van der Waals surface area contributed by atoms with E-state index in [0.29, 0.717) is 13.1 Å². The van der Waals surface area contributed by atoms with E-state index >= 15 is 0 Å². The number of nitrogens with zero attached hydrogens (tertiary/aromatic N) is 1. The van der Waals surface area contributed by atoms with Crippen molar-refractivity contribution in [1.82, 2.24) is 4.31 Å². The maximum Gasteiger partial charge on any atom is 0.301 e. The highest BCUT2D eigenvalue weighted by molar-refractivity contribution is 7.90. The first-order valence-electron chi connectivity index (χ1n) is 5.23. The monoisotopic (exact) mass is 261 g/mol. The van der Waals surface area contributed by atoms with E-state index in [1.165, 1.54) is 16.4 Å². The van der Waals surface area contributed by atoms with Gasteiger partial charge in [0.1, 0.15) is 5.82 Å². The zero-order valence-corrected chi connectivity index (χ0v) is 10.6. The molecule has 0 fully saturated rings. The van der Waals surface area contributed by atoms with Gasteiger partial charge in [0.2, 0.25) is 0 Å². The molecule has 0 saturated heterocycles. The van der Waals surface area contributed by atoms with E-state index < -0.39 is 16.0 Å². The third kappa shape index (κ3) is 3.31. The summed E-state index contributed by atoms with van der Waals surface area (Å²) in [4.78, 5) is 0. The normalized spacial score (nSPS) is 11.8. The van der Waals surface area contributed by atoms with Gasteiger partial charge in [0.05, 0.1) is 11.4 Å². The predicted octanol–water partition coefficient (Wildman–Crippen LogP) is 1.41. The Bertz CT molecular complexity index is 486. The summed E-state index contributed by atoms with van der Waals surface area (Å²) in [6.45, 7) is 4.20. The number of rotatable bonds is 5. The summed E-state index contributed by atoms with van der Waals surface area (Å²) in [6, 6.07) is 3.69. The van der Waals surface area contributed by atoms with E-state index in [1.54, 1.807) is 13.8 Å². The van der Waals surface area contributed by atoms with Crippen LogP contribution in [0.5, 0.6) is 0 Å². The summed E-state index contributed by atoms with van der Waals surface area (Å²) in [7, 11) is -3.60. The quantitative estimate of drug-likeness (QED) is 0.787. The molecule has 0 amide bonds. The largest absolute Gasteiger partial charge is 0.396 e. The molecular weight excluding hydrogens is 245 g/mol. The van der Waals surface area contributed by atoms with Crippen LogP contribution in [0.1, 0.15) is 13.8 Å². The van der Waals surface area contributed by atoms with Gasteiger partial charge in [0.15, 0.2) is 0 Å². The van der Waals surface area contributed by atoms with Crippen molar-refractivity contribution in [2.75, 3.05) is 23.5 Å². The van der Waals surface area contributed by atoms with Crippen molar-refractivity contribution < 1.29 is 12.8 Å². The summed E-state index contributed by atoms with van der Waals surface area (Å²) < 4.78 is 40.2. The Kier molecular flexibility index (Phi) is 4.30. The van der Waals surface area contributed by atoms with Crippen LogP contribution in [0.3, 0.4) is 0 Å². The van der Waals surface area contributed by atoms with Gasteiger partial charge < -0.3 is 5.73 Å². The van der Waals surface area contributed by atoms with E-state index in [4.69, 9.17) is 5.73 Å². The molecule has 1 aromatic rings. The third-order valence-corrected chi connectivity index (χ3v) is 3.98. The van der Waals surface area contributed by atoms with Crippen LogP contribution in [0, 0.1) is 5.82 Å². The molecule has 0 atom stereocenters. The molecule has 0 spiro atoms. The van der Waals surface area contributed by atoms with Crippen LogP contribution in [0.25, 0.3) is 0 Å². The maximum atomic E-state index is 12.9. The fourth-order valence-corrected chi connectivity index (χ4v) is 2.62. The molecule has 0 aliphatic heterocycles. The number of nitrogens with two attached hydrogens (primary N) is 1. The molecule has 0 heterocycles. The second-order valence-corrected chi connectivity index (χ2v) is 5.10. The minimum absolute atomic E-state index is 0.0928. The summed E-state index contributed by atoms with van der Waals surface area (Å²) in [5, 5.41) is 0. The number of hydrogen-bond donors (Lipinski definition) is 2. The van der Waals surface area contributed by atoms with Crippen molar-refractivity contribution >= 4 is 21.6 Å². The van der Waals surface area contributed by atoms with Crippen LogP contribution in [-0.2, 0) is 10.2 Å². The molecule has 0 aliphatic rings. The van der Waals surface area contributed by atoms with Gasteiger partial charge in [0.25, 0.3) is 0 Å². The summed E-state index contributed by atoms with van der Waals surface area (Å²) >= 11 is 0. The zero-order valence-electron chi connectivity index (χ0n) is 9.77. The average molecular weight is 261 g/mol. The lowest BCUT2D eigenvalue weighted by Gasteiger charge is -2.19. The average Bonchev–Trinajstić information content (AvgIpc) is 2.24. The van der Waals surface area contributed by atoms with Crippen LogP contribution in [-0.4, -0.2) is 25.8 Å². The predicted molar refractivity (Wildman–Crippen MR) is 66.3 cm³/mol. The Hall–Kier alpha value is -1.34. The van der Waals surface area contributed by atoms with Crippen LogP contribution in [0.15, 0.2) is 18.2 Å². The van der Waals surface area contributed by atoms with E-state index in [9.17, 15) is 12.8 Å². The minimum Gasteiger partial charge on any atom is -0.396 e. The number of nitrogen functional groups attached to an aromatic ring is 1. The van der Waals surface area contributed by atoms with Crippen molar-refractivity contribution in [2.45, 2.75) is 13.8 Å². The standard InChI is InChI=1S/C10H16FN3O2S/c1-3-14(4-2)17(15,16)13-8-5-6-9(11)10(12)7-8/h5-7,13H,3-4,12H2,1-2H3. The van der Waals surface area contributed by atoms with E-state index in [2.05, 4.69) is 4.72 Å². The molecule has 7 heteroatoms. The van der Waals surface area contributed by atoms with Crippen LogP contribution < -0.4 is 10.5 Å². The Labute approximate surface area is 101 Å². The van der Waals surface area contributed by atoms with Crippen molar-refractivity contribution in [2.24, 2.45) is 0 Å². The number of halogens is 1. The van der Waals surface area contributed by atoms with Crippen molar-refractivity contribution in [1.29, 1.82) is 0 Å². The lowest BCUT2D eigenvalue weighted by atomic mass is 10.3. The molecule has 0 bridgehead atoms. The van der Waals surface area contributed by atoms with Gasteiger partial charge in [-0.05, 0) is 18.2 Å². The van der Waals surface area contributed by atoms with Gasteiger partial charge in [-0.2, -0.15) is 12.7 Å². The zero-order chi connectivity index (χ0) is 13.1. The molecule has 96 valence electrons. The first-order chi connectivity index (χ1) is 7.90. The van der Waals surface area contributed by atoms with Gasteiger partial charge in [-0.15, -0.1) is 0 Å². The van der Waals surface area contributed by atoms with Crippen molar-refractivity contribution in [3.05, 3.63) is 24.0 Å². The smallest absolute Gasteiger partial charge is 0.301 e. The highest BCUT2D eigenvalue weighted by Gasteiger charge is 2.18. The second-order valence-electron chi connectivity index (χ2n) is 3.43. The van der Waals surface area contributed by atoms with Crippen LogP contribution in [0.2, 0.25) is 0 Å². The summed E-state index contributed by atoms with van der Waals surface area (Å²) in [6.07, 6.45) is 0. The molecule has 0 aliphatic carbocycles. The Morgan fingerprint density at radius 2 is 1.94 bits per heavy atom. The first kappa shape index (κ1) is 13.7. The number of hydrogen-bond acceptors (Lipinski definition) is 3. The highest BCUT2D eigenvalue weighted by Crippen LogP contribution is 2.18. The van der Waals surface area contributed by atoms with E-state index in [1.807, 2.05) is 0 Å². The molecule has 17 heavy (non-hydrogen) atoms. The Morgan fingerprint density at radius 3 is 2.41 bits per heavy atom. The van der Waals surface area contributed by atoms with E-state index in [-0.39, 0.29) is 11.4 Å². The molecule has 5 nitrogen and oxygen atoms in total. The molecule has 0 aromatic heterocycles. The molecule has 1 rings (SSSR count). The molecule has 0 unspecified atom stereocenters. The minimum atomic E-state index is -3.60. The van der Waals surface area contributed by atoms with Gasteiger partial charge in [0, 0.05) is 13.1 Å². The van der Waals surface area contributed by atoms with Gasteiger partial charge in [-0.1, -0.05) is 13.8 Å². The van der Waals surface area contributed by atoms with Crippen LogP contribution >= 0.6 is 0 Å². The summed E-state index contributed by atoms with van der Waals surface area (Å²) in [5.41, 5.74) is 5.51. The van der Waals surface area contributed by atoms with E-state index in [0.717, 1.165) is 6.07 Å². The number of nitrogens with one attached hydrogen (secondary N) is 1. The fourth-order valence-electron chi connectivity index (χ4n) is 1.38. The molecule has 0 radical (unpaired) electrons. The lowest BCUT2D eigenvalue weighted by molar-refractivity contribution is 0.449. The van der Waals surface area contributed by atoms with Gasteiger partial charge >= 0.3 is 10.2 Å². The topological polar surface area (TPSA) is 75.4 Å². The fraction of sp³-hybridized carbons (Fsp3) is 0.400. The Morgan fingerprint density at radius 1 is 1.35 bits per heavy atom. The number of benzene rings is 1. The Balaban J connectivity index is 2.94. The van der Waals surface area contributed by atoms with Crippen molar-refractivity contribution in [3.63, 3.8) is 0 Å².